The lowest BCUT2D eigenvalue weighted by molar-refractivity contribution is 0.207. The number of anilines is 1. The monoisotopic (exact) mass is 326 g/mol. The predicted octanol–water partition coefficient (Wildman–Crippen LogP) is 2.76. The first-order chi connectivity index (χ1) is 11.6. The van der Waals surface area contributed by atoms with Gasteiger partial charge in [-0.05, 0) is 32.6 Å². The van der Waals surface area contributed by atoms with E-state index in [1.165, 1.54) is 0 Å². The minimum Gasteiger partial charge on any atom is -0.317 e. The Morgan fingerprint density at radius 2 is 2.12 bits per heavy atom. The Balaban J connectivity index is 1.53. The fourth-order valence-corrected chi connectivity index (χ4v) is 3.41. The molecule has 0 bridgehead atoms. The van der Waals surface area contributed by atoms with Crippen molar-refractivity contribution in [2.75, 3.05) is 11.9 Å². The van der Waals surface area contributed by atoms with Crippen LogP contribution in [0.4, 0.5) is 10.5 Å². The van der Waals surface area contributed by atoms with Crippen LogP contribution in [0.25, 0.3) is 0 Å². The van der Waals surface area contributed by atoms with Crippen LogP contribution in [-0.4, -0.2) is 37.2 Å². The van der Waals surface area contributed by atoms with Crippen molar-refractivity contribution in [1.82, 2.24) is 24.6 Å². The number of rotatable bonds is 3. The Hall–Kier alpha value is -2.44. The quantitative estimate of drug-likeness (QED) is 0.941. The standard InChI is InChI=1S/C17H22N6O/c1-11-18-9-14(16(20-11)12-5-6-12)21-17(24)23-7-3-4-15(23)13-8-19-22(2)10-13/h8-10,12,15H,3-7H2,1-2H3,(H,21,24)/t15-/m0/s1. The summed E-state index contributed by atoms with van der Waals surface area (Å²) in [6.45, 7) is 2.65. The molecule has 24 heavy (non-hydrogen) atoms. The molecule has 0 aromatic carbocycles. The molecule has 2 amide bonds. The van der Waals surface area contributed by atoms with Crippen LogP contribution in [0.3, 0.4) is 0 Å². The average Bonchev–Trinajstić information content (AvgIpc) is 3.12. The zero-order chi connectivity index (χ0) is 16.7. The van der Waals surface area contributed by atoms with Crippen LogP contribution < -0.4 is 5.32 Å². The number of nitrogens with one attached hydrogen (secondary N) is 1. The van der Waals surface area contributed by atoms with E-state index in [2.05, 4.69) is 20.4 Å². The first-order valence-electron chi connectivity index (χ1n) is 8.51. The summed E-state index contributed by atoms with van der Waals surface area (Å²) < 4.78 is 1.78. The van der Waals surface area contributed by atoms with Gasteiger partial charge in [-0.2, -0.15) is 5.10 Å². The zero-order valence-electron chi connectivity index (χ0n) is 14.1. The average molecular weight is 326 g/mol. The summed E-state index contributed by atoms with van der Waals surface area (Å²) >= 11 is 0. The molecule has 0 spiro atoms. The van der Waals surface area contributed by atoms with E-state index in [0.717, 1.165) is 55.0 Å². The predicted molar refractivity (Wildman–Crippen MR) is 89.7 cm³/mol. The number of hydrogen-bond acceptors (Lipinski definition) is 4. The van der Waals surface area contributed by atoms with E-state index in [1.807, 2.05) is 31.3 Å². The van der Waals surface area contributed by atoms with Gasteiger partial charge in [0, 0.05) is 31.3 Å². The first-order valence-corrected chi connectivity index (χ1v) is 8.51. The molecule has 126 valence electrons. The topological polar surface area (TPSA) is 75.9 Å². The van der Waals surface area contributed by atoms with Crippen molar-refractivity contribution in [3.63, 3.8) is 0 Å². The van der Waals surface area contributed by atoms with E-state index in [9.17, 15) is 4.79 Å². The van der Waals surface area contributed by atoms with Crippen LogP contribution in [-0.2, 0) is 7.05 Å². The van der Waals surface area contributed by atoms with E-state index >= 15 is 0 Å². The third-order valence-electron chi connectivity index (χ3n) is 4.77. The van der Waals surface area contributed by atoms with Gasteiger partial charge in [0.25, 0.3) is 0 Å². The highest BCUT2D eigenvalue weighted by atomic mass is 16.2. The number of hydrogen-bond donors (Lipinski definition) is 1. The molecule has 4 rings (SSSR count). The molecule has 0 radical (unpaired) electrons. The summed E-state index contributed by atoms with van der Waals surface area (Å²) in [4.78, 5) is 23.5. The SMILES string of the molecule is Cc1ncc(NC(=O)N2CCC[C@H]2c2cnn(C)c2)c(C2CC2)n1. The molecule has 1 aliphatic heterocycles. The number of carbonyl (C=O) groups is 1. The molecular formula is C17H22N6O. The highest BCUT2D eigenvalue weighted by Gasteiger charge is 2.33. The zero-order valence-corrected chi connectivity index (χ0v) is 14.1. The Bertz CT molecular complexity index is 766. The third kappa shape index (κ3) is 2.86. The van der Waals surface area contributed by atoms with Crippen molar-refractivity contribution in [3.8, 4) is 0 Å². The summed E-state index contributed by atoms with van der Waals surface area (Å²) in [6, 6.07) is 0.0187. The summed E-state index contributed by atoms with van der Waals surface area (Å²) in [5, 5.41) is 7.27. The molecule has 2 aromatic rings. The first kappa shape index (κ1) is 15.1. The molecule has 1 saturated heterocycles. The van der Waals surface area contributed by atoms with Gasteiger partial charge in [0.15, 0.2) is 0 Å². The van der Waals surface area contributed by atoms with Gasteiger partial charge in [-0.1, -0.05) is 0 Å². The molecule has 0 unspecified atom stereocenters. The largest absolute Gasteiger partial charge is 0.322 e. The fraction of sp³-hybridized carbons (Fsp3) is 0.529. The van der Waals surface area contributed by atoms with Crippen LogP contribution in [0.1, 0.15) is 54.7 Å². The van der Waals surface area contributed by atoms with E-state index in [4.69, 9.17) is 0 Å². The second-order valence-electron chi connectivity index (χ2n) is 6.72. The second kappa shape index (κ2) is 5.89. The molecule has 3 heterocycles. The van der Waals surface area contributed by atoms with Crippen LogP contribution in [0.5, 0.6) is 0 Å². The molecule has 1 N–H and O–H groups in total. The molecule has 2 fully saturated rings. The van der Waals surface area contributed by atoms with Crippen molar-refractivity contribution in [1.29, 1.82) is 0 Å². The molecule has 2 aliphatic rings. The minimum atomic E-state index is -0.0734. The lowest BCUT2D eigenvalue weighted by Gasteiger charge is -2.24. The van der Waals surface area contributed by atoms with Gasteiger partial charge in [-0.25, -0.2) is 14.8 Å². The van der Waals surface area contributed by atoms with E-state index < -0.39 is 0 Å². The normalized spacial score (nSPS) is 20.4. The maximum atomic E-state index is 12.8. The van der Waals surface area contributed by atoms with Gasteiger partial charge in [0.1, 0.15) is 5.82 Å². The Labute approximate surface area is 141 Å². The van der Waals surface area contributed by atoms with Crippen LogP contribution >= 0.6 is 0 Å². The van der Waals surface area contributed by atoms with Crippen LogP contribution in [0, 0.1) is 6.92 Å². The summed E-state index contributed by atoms with van der Waals surface area (Å²) in [7, 11) is 1.90. The van der Waals surface area contributed by atoms with Crippen molar-refractivity contribution < 1.29 is 4.79 Å². The maximum Gasteiger partial charge on any atom is 0.322 e. The number of aryl methyl sites for hydroxylation is 2. The van der Waals surface area contributed by atoms with Crippen LogP contribution in [0.2, 0.25) is 0 Å². The molecule has 7 heteroatoms. The number of amides is 2. The molecule has 2 aromatic heterocycles. The van der Waals surface area contributed by atoms with Crippen molar-refractivity contribution in [2.45, 2.75) is 44.6 Å². The van der Waals surface area contributed by atoms with E-state index in [0.29, 0.717) is 5.92 Å². The van der Waals surface area contributed by atoms with Gasteiger partial charge in [-0.3, -0.25) is 4.68 Å². The Morgan fingerprint density at radius 1 is 1.29 bits per heavy atom. The Kier molecular flexibility index (Phi) is 3.70. The molecule has 7 nitrogen and oxygen atoms in total. The van der Waals surface area contributed by atoms with Crippen LogP contribution in [0.15, 0.2) is 18.6 Å². The fourth-order valence-electron chi connectivity index (χ4n) is 3.41. The van der Waals surface area contributed by atoms with Gasteiger partial charge in [-0.15, -0.1) is 0 Å². The van der Waals surface area contributed by atoms with Gasteiger partial charge >= 0.3 is 6.03 Å². The third-order valence-corrected chi connectivity index (χ3v) is 4.77. The maximum absolute atomic E-state index is 12.8. The number of likely N-dealkylation sites (tertiary alicyclic amines) is 1. The van der Waals surface area contributed by atoms with Crippen molar-refractivity contribution in [3.05, 3.63) is 35.7 Å². The van der Waals surface area contributed by atoms with Crippen molar-refractivity contribution >= 4 is 11.7 Å². The summed E-state index contributed by atoms with van der Waals surface area (Å²) in [6.07, 6.45) is 9.83. The smallest absolute Gasteiger partial charge is 0.317 e. The minimum absolute atomic E-state index is 0.0734. The van der Waals surface area contributed by atoms with Gasteiger partial charge in [0.05, 0.1) is 29.8 Å². The second-order valence-corrected chi connectivity index (χ2v) is 6.72. The van der Waals surface area contributed by atoms with Gasteiger partial charge < -0.3 is 10.2 Å². The number of nitrogens with zero attached hydrogens (tertiary/aromatic N) is 5. The van der Waals surface area contributed by atoms with Gasteiger partial charge in [0.2, 0.25) is 0 Å². The molecular weight excluding hydrogens is 304 g/mol. The van der Waals surface area contributed by atoms with E-state index in [1.54, 1.807) is 10.9 Å². The lowest BCUT2D eigenvalue weighted by atomic mass is 10.1. The Morgan fingerprint density at radius 3 is 2.83 bits per heavy atom. The molecule has 1 saturated carbocycles. The molecule has 1 atom stereocenters. The summed E-state index contributed by atoms with van der Waals surface area (Å²) in [5.41, 5.74) is 2.82. The number of carbonyl (C=O) groups excluding carboxylic acids is 1. The van der Waals surface area contributed by atoms with E-state index in [-0.39, 0.29) is 12.1 Å². The number of aromatic nitrogens is 4. The van der Waals surface area contributed by atoms with Crippen molar-refractivity contribution in [2.24, 2.45) is 7.05 Å². The molecule has 1 aliphatic carbocycles. The highest BCUT2D eigenvalue weighted by molar-refractivity contribution is 5.90. The number of urea groups is 1. The lowest BCUT2D eigenvalue weighted by Crippen LogP contribution is -2.34. The highest BCUT2D eigenvalue weighted by Crippen LogP contribution is 2.42. The summed E-state index contributed by atoms with van der Waals surface area (Å²) in [5.74, 6) is 1.22.